The third kappa shape index (κ3) is 2.82. The van der Waals surface area contributed by atoms with Gasteiger partial charge in [0.05, 0.1) is 0 Å². The summed E-state index contributed by atoms with van der Waals surface area (Å²) in [6.07, 6.45) is 7.53. The first-order valence-electron chi connectivity index (χ1n) is 6.56. The zero-order valence-corrected chi connectivity index (χ0v) is 11.0. The number of nitrogens with zero attached hydrogens (tertiary/aromatic N) is 1. The molecule has 0 atom stereocenters. The van der Waals surface area contributed by atoms with E-state index in [1.54, 1.807) is 0 Å². The van der Waals surface area contributed by atoms with Crippen LogP contribution in [0.3, 0.4) is 0 Å². The van der Waals surface area contributed by atoms with Crippen LogP contribution in [0, 0.1) is 5.41 Å². The molecule has 1 heterocycles. The SMILES string of the molecule is O=C1CC2(CCCCC2)CC(=O)N1CCCCl. The Kier molecular flexibility index (Phi) is 4.08. The highest BCUT2D eigenvalue weighted by Crippen LogP contribution is 2.45. The van der Waals surface area contributed by atoms with E-state index < -0.39 is 0 Å². The van der Waals surface area contributed by atoms with Gasteiger partial charge in [0.1, 0.15) is 0 Å². The first kappa shape index (κ1) is 12.9. The fourth-order valence-corrected chi connectivity index (χ4v) is 3.28. The lowest BCUT2D eigenvalue weighted by molar-refractivity contribution is -0.154. The lowest BCUT2D eigenvalue weighted by Crippen LogP contribution is -2.48. The van der Waals surface area contributed by atoms with E-state index in [1.807, 2.05) is 0 Å². The number of carbonyl (C=O) groups excluding carboxylic acids is 2. The number of hydrogen-bond acceptors (Lipinski definition) is 2. The average Bonchev–Trinajstić information content (AvgIpc) is 2.29. The van der Waals surface area contributed by atoms with Crippen LogP contribution in [0.15, 0.2) is 0 Å². The van der Waals surface area contributed by atoms with Crippen molar-refractivity contribution in [3.8, 4) is 0 Å². The fraction of sp³-hybridized carbons (Fsp3) is 0.846. The Labute approximate surface area is 107 Å². The summed E-state index contributed by atoms with van der Waals surface area (Å²) in [6.45, 7) is 0.497. The minimum atomic E-state index is 0.00385. The number of imide groups is 1. The van der Waals surface area contributed by atoms with E-state index in [4.69, 9.17) is 11.6 Å². The molecule has 17 heavy (non-hydrogen) atoms. The van der Waals surface area contributed by atoms with Gasteiger partial charge in [0.2, 0.25) is 11.8 Å². The monoisotopic (exact) mass is 257 g/mol. The van der Waals surface area contributed by atoms with Crippen LogP contribution in [-0.4, -0.2) is 29.1 Å². The summed E-state index contributed by atoms with van der Waals surface area (Å²) in [5, 5.41) is 0. The topological polar surface area (TPSA) is 37.4 Å². The molecule has 1 saturated carbocycles. The van der Waals surface area contributed by atoms with Crippen LogP contribution in [0.25, 0.3) is 0 Å². The minimum absolute atomic E-state index is 0.00385. The Bertz CT molecular complexity index is 291. The van der Waals surface area contributed by atoms with Crippen molar-refractivity contribution in [1.82, 2.24) is 4.90 Å². The Morgan fingerprint density at radius 1 is 1.06 bits per heavy atom. The van der Waals surface area contributed by atoms with Crippen molar-refractivity contribution in [2.24, 2.45) is 5.41 Å². The van der Waals surface area contributed by atoms with Crippen LogP contribution in [0.1, 0.15) is 51.4 Å². The number of alkyl halides is 1. The Hall–Kier alpha value is -0.570. The summed E-state index contributed by atoms with van der Waals surface area (Å²) < 4.78 is 0. The molecule has 0 aromatic heterocycles. The highest BCUT2D eigenvalue weighted by Gasteiger charge is 2.43. The second kappa shape index (κ2) is 5.38. The predicted octanol–water partition coefficient (Wildman–Crippen LogP) is 2.71. The van der Waals surface area contributed by atoms with Crippen LogP contribution in [0.4, 0.5) is 0 Å². The molecule has 0 aromatic carbocycles. The Morgan fingerprint density at radius 2 is 1.65 bits per heavy atom. The molecule has 96 valence electrons. The summed E-state index contributed by atoms with van der Waals surface area (Å²) in [5.74, 6) is 0.545. The largest absolute Gasteiger partial charge is 0.283 e. The second-order valence-electron chi connectivity index (χ2n) is 5.40. The van der Waals surface area contributed by atoms with Gasteiger partial charge in [-0.2, -0.15) is 0 Å². The summed E-state index contributed by atoms with van der Waals surface area (Å²) in [6, 6.07) is 0. The maximum absolute atomic E-state index is 12.0. The number of halogens is 1. The molecule has 2 aliphatic rings. The van der Waals surface area contributed by atoms with Crippen molar-refractivity contribution in [3.05, 3.63) is 0 Å². The molecule has 4 heteroatoms. The van der Waals surface area contributed by atoms with E-state index in [0.717, 1.165) is 12.8 Å². The van der Waals surface area contributed by atoms with Crippen LogP contribution in [0.5, 0.6) is 0 Å². The molecule has 1 aliphatic carbocycles. The van der Waals surface area contributed by atoms with Crippen molar-refractivity contribution >= 4 is 23.4 Å². The summed E-state index contributed by atoms with van der Waals surface area (Å²) in [5.41, 5.74) is 0.00385. The van der Waals surface area contributed by atoms with Gasteiger partial charge in [-0.05, 0) is 24.7 Å². The highest BCUT2D eigenvalue weighted by molar-refractivity contribution is 6.17. The normalized spacial score (nSPS) is 24.4. The molecular formula is C13H20ClNO2. The number of carbonyl (C=O) groups is 2. The number of piperidine rings is 1. The van der Waals surface area contributed by atoms with E-state index in [0.29, 0.717) is 31.7 Å². The molecule has 1 spiro atoms. The van der Waals surface area contributed by atoms with Crippen molar-refractivity contribution in [1.29, 1.82) is 0 Å². The summed E-state index contributed by atoms with van der Waals surface area (Å²) in [4.78, 5) is 25.5. The zero-order valence-electron chi connectivity index (χ0n) is 10.2. The van der Waals surface area contributed by atoms with Gasteiger partial charge in [0.15, 0.2) is 0 Å². The van der Waals surface area contributed by atoms with Gasteiger partial charge >= 0.3 is 0 Å². The van der Waals surface area contributed by atoms with E-state index in [9.17, 15) is 9.59 Å². The first-order valence-corrected chi connectivity index (χ1v) is 7.09. The van der Waals surface area contributed by atoms with E-state index in [-0.39, 0.29) is 17.2 Å². The average molecular weight is 258 g/mol. The van der Waals surface area contributed by atoms with E-state index in [1.165, 1.54) is 24.2 Å². The first-order chi connectivity index (χ1) is 8.17. The van der Waals surface area contributed by atoms with Gasteiger partial charge in [-0.1, -0.05) is 19.3 Å². The maximum Gasteiger partial charge on any atom is 0.229 e. The van der Waals surface area contributed by atoms with Gasteiger partial charge in [-0.25, -0.2) is 0 Å². The Balaban J connectivity index is 2.01. The zero-order chi connectivity index (χ0) is 12.3. The third-order valence-electron chi connectivity index (χ3n) is 4.08. The molecule has 0 aromatic rings. The Morgan fingerprint density at radius 3 is 2.18 bits per heavy atom. The van der Waals surface area contributed by atoms with Gasteiger partial charge < -0.3 is 0 Å². The lowest BCUT2D eigenvalue weighted by Gasteiger charge is -2.42. The smallest absolute Gasteiger partial charge is 0.229 e. The predicted molar refractivity (Wildman–Crippen MR) is 66.8 cm³/mol. The minimum Gasteiger partial charge on any atom is -0.283 e. The van der Waals surface area contributed by atoms with Crippen molar-refractivity contribution < 1.29 is 9.59 Å². The van der Waals surface area contributed by atoms with Crippen molar-refractivity contribution in [2.75, 3.05) is 12.4 Å². The standard InChI is InChI=1S/C13H20ClNO2/c14-7-4-8-15-11(16)9-13(10-12(15)17)5-2-1-3-6-13/h1-10H2. The number of likely N-dealkylation sites (tertiary alicyclic amines) is 1. The van der Waals surface area contributed by atoms with Crippen LogP contribution in [0.2, 0.25) is 0 Å². The van der Waals surface area contributed by atoms with Crippen molar-refractivity contribution in [2.45, 2.75) is 51.4 Å². The third-order valence-corrected chi connectivity index (χ3v) is 4.35. The lowest BCUT2D eigenvalue weighted by atomic mass is 9.67. The molecule has 2 rings (SSSR count). The van der Waals surface area contributed by atoms with E-state index >= 15 is 0 Å². The number of hydrogen-bond donors (Lipinski definition) is 0. The molecule has 1 saturated heterocycles. The van der Waals surface area contributed by atoms with Gasteiger partial charge in [0.25, 0.3) is 0 Å². The van der Waals surface area contributed by atoms with Crippen LogP contribution in [-0.2, 0) is 9.59 Å². The fourth-order valence-electron chi connectivity index (χ4n) is 3.16. The van der Waals surface area contributed by atoms with Gasteiger partial charge in [0, 0.05) is 25.3 Å². The molecular weight excluding hydrogens is 238 g/mol. The molecule has 1 aliphatic heterocycles. The highest BCUT2D eigenvalue weighted by atomic mass is 35.5. The molecule has 3 nitrogen and oxygen atoms in total. The van der Waals surface area contributed by atoms with E-state index in [2.05, 4.69) is 0 Å². The molecule has 0 N–H and O–H groups in total. The molecule has 0 radical (unpaired) electrons. The quantitative estimate of drug-likeness (QED) is 0.576. The van der Waals surface area contributed by atoms with Crippen LogP contribution >= 0.6 is 11.6 Å². The summed E-state index contributed by atoms with van der Waals surface area (Å²) in [7, 11) is 0. The second-order valence-corrected chi connectivity index (χ2v) is 5.77. The molecule has 0 unspecified atom stereocenters. The summed E-state index contributed by atoms with van der Waals surface area (Å²) >= 11 is 5.61. The number of amides is 2. The maximum atomic E-state index is 12.0. The molecule has 0 bridgehead atoms. The van der Waals surface area contributed by atoms with Crippen molar-refractivity contribution in [3.63, 3.8) is 0 Å². The molecule has 2 amide bonds. The van der Waals surface area contributed by atoms with Crippen LogP contribution < -0.4 is 0 Å². The molecule has 2 fully saturated rings. The van der Waals surface area contributed by atoms with Gasteiger partial charge in [-0.3, -0.25) is 14.5 Å². The van der Waals surface area contributed by atoms with Gasteiger partial charge in [-0.15, -0.1) is 11.6 Å². The number of rotatable bonds is 3.